The number of hydrogen-bond acceptors (Lipinski definition) is 2. The van der Waals surface area contributed by atoms with E-state index in [2.05, 4.69) is 5.32 Å². The maximum Gasteiger partial charge on any atom is 0.267 e. The summed E-state index contributed by atoms with van der Waals surface area (Å²) >= 11 is 0. The van der Waals surface area contributed by atoms with Gasteiger partial charge in [-0.15, -0.1) is 0 Å². The van der Waals surface area contributed by atoms with Crippen molar-refractivity contribution in [1.82, 2.24) is 5.32 Å². The first-order valence-corrected chi connectivity index (χ1v) is 5.47. The summed E-state index contributed by atoms with van der Waals surface area (Å²) in [6.45, 7) is 0.676. The molecule has 1 aromatic rings. The minimum Gasteiger partial charge on any atom is -0.508 e. The number of hydrogen-bond donors (Lipinski definition) is 2. The molecule has 1 aliphatic rings. The molecular formula is C12H15F2NO. The molecule has 1 aliphatic heterocycles. The van der Waals surface area contributed by atoms with Crippen LogP contribution in [0.5, 0.6) is 5.75 Å². The number of nitrogens with one attached hydrogen (secondary N) is 1. The van der Waals surface area contributed by atoms with Crippen molar-refractivity contribution in [3.05, 3.63) is 29.8 Å². The van der Waals surface area contributed by atoms with E-state index in [1.165, 1.54) is 24.3 Å². The van der Waals surface area contributed by atoms with Crippen LogP contribution in [0.1, 0.15) is 18.4 Å². The maximum absolute atomic E-state index is 13.8. The van der Waals surface area contributed by atoms with Crippen LogP contribution in [-0.2, 0) is 6.42 Å². The third-order valence-corrected chi connectivity index (χ3v) is 2.95. The Hall–Kier alpha value is -1.16. The van der Waals surface area contributed by atoms with E-state index in [0.717, 1.165) is 6.42 Å². The second kappa shape index (κ2) is 4.37. The average molecular weight is 227 g/mol. The molecule has 2 N–H and O–H groups in total. The topological polar surface area (TPSA) is 32.3 Å². The van der Waals surface area contributed by atoms with E-state index < -0.39 is 12.0 Å². The Morgan fingerprint density at radius 1 is 1.31 bits per heavy atom. The van der Waals surface area contributed by atoms with Crippen molar-refractivity contribution in [2.75, 3.05) is 6.54 Å². The quantitative estimate of drug-likeness (QED) is 0.830. The molecule has 1 heterocycles. The van der Waals surface area contributed by atoms with E-state index >= 15 is 0 Å². The normalized spacial score (nSPS) is 21.2. The van der Waals surface area contributed by atoms with Gasteiger partial charge in [0.25, 0.3) is 5.92 Å². The van der Waals surface area contributed by atoms with Gasteiger partial charge >= 0.3 is 0 Å². The highest BCUT2D eigenvalue weighted by Crippen LogP contribution is 2.29. The molecule has 88 valence electrons. The van der Waals surface area contributed by atoms with Crippen molar-refractivity contribution < 1.29 is 13.9 Å². The summed E-state index contributed by atoms with van der Waals surface area (Å²) in [6, 6.07) is 5.25. The van der Waals surface area contributed by atoms with Gasteiger partial charge in [-0.1, -0.05) is 12.1 Å². The molecule has 1 atom stereocenters. The van der Waals surface area contributed by atoms with Gasteiger partial charge in [0.1, 0.15) is 5.75 Å². The van der Waals surface area contributed by atoms with Crippen molar-refractivity contribution >= 4 is 0 Å². The molecule has 0 aliphatic carbocycles. The molecule has 4 heteroatoms. The molecule has 2 rings (SSSR count). The Kier molecular flexibility index (Phi) is 3.10. The lowest BCUT2D eigenvalue weighted by Crippen LogP contribution is -2.42. The number of rotatable bonds is 3. The highest BCUT2D eigenvalue weighted by atomic mass is 19.3. The summed E-state index contributed by atoms with van der Waals surface area (Å²) in [5.41, 5.74) is 0.552. The lowest BCUT2D eigenvalue weighted by Gasteiger charge is -2.23. The zero-order chi connectivity index (χ0) is 11.6. The Balaban J connectivity index is 2.04. The van der Waals surface area contributed by atoms with E-state index in [0.29, 0.717) is 18.5 Å². The molecule has 0 amide bonds. The molecule has 1 unspecified atom stereocenters. The Bertz CT molecular complexity index is 345. The first kappa shape index (κ1) is 11.3. The zero-order valence-corrected chi connectivity index (χ0v) is 8.92. The molecule has 0 aromatic heterocycles. The van der Waals surface area contributed by atoms with E-state index in [1.807, 2.05) is 0 Å². The molecule has 16 heavy (non-hydrogen) atoms. The van der Waals surface area contributed by atoms with Gasteiger partial charge < -0.3 is 10.4 Å². The Morgan fingerprint density at radius 3 is 2.56 bits per heavy atom. The van der Waals surface area contributed by atoms with Crippen LogP contribution in [0.15, 0.2) is 24.3 Å². The average Bonchev–Trinajstić information content (AvgIpc) is 2.75. The second-order valence-electron chi connectivity index (χ2n) is 4.25. The minimum absolute atomic E-state index is 0.103. The van der Waals surface area contributed by atoms with Crippen LogP contribution in [-0.4, -0.2) is 23.6 Å². The van der Waals surface area contributed by atoms with Gasteiger partial charge in [-0.05, 0) is 37.1 Å². The fourth-order valence-corrected chi connectivity index (χ4v) is 2.05. The molecule has 0 bridgehead atoms. The van der Waals surface area contributed by atoms with Gasteiger partial charge in [0.2, 0.25) is 0 Å². The number of phenols is 1. The fraction of sp³-hybridized carbons (Fsp3) is 0.500. The highest BCUT2D eigenvalue weighted by Gasteiger charge is 2.40. The standard InChI is InChI=1S/C12H15F2NO/c13-12(14,11-2-1-7-15-11)8-9-3-5-10(16)6-4-9/h3-6,11,15-16H,1-2,7-8H2. The SMILES string of the molecule is Oc1ccc(CC(F)(F)C2CCCN2)cc1. The molecule has 2 nitrogen and oxygen atoms in total. The van der Waals surface area contributed by atoms with Crippen LogP contribution in [0.2, 0.25) is 0 Å². The van der Waals surface area contributed by atoms with Crippen molar-refractivity contribution in [1.29, 1.82) is 0 Å². The van der Waals surface area contributed by atoms with Gasteiger partial charge in [0, 0.05) is 6.42 Å². The first-order valence-electron chi connectivity index (χ1n) is 5.47. The van der Waals surface area contributed by atoms with Gasteiger partial charge in [-0.3, -0.25) is 0 Å². The predicted octanol–water partition coefficient (Wildman–Crippen LogP) is 2.32. The van der Waals surface area contributed by atoms with Crippen LogP contribution in [0.25, 0.3) is 0 Å². The zero-order valence-electron chi connectivity index (χ0n) is 8.92. The van der Waals surface area contributed by atoms with Gasteiger partial charge in [-0.25, -0.2) is 8.78 Å². The molecule has 0 radical (unpaired) electrons. The molecule has 1 aromatic carbocycles. The fourth-order valence-electron chi connectivity index (χ4n) is 2.05. The van der Waals surface area contributed by atoms with E-state index in [9.17, 15) is 8.78 Å². The number of phenolic OH excluding ortho intramolecular Hbond substituents is 1. The number of halogens is 2. The predicted molar refractivity (Wildman–Crippen MR) is 57.8 cm³/mol. The first-order chi connectivity index (χ1) is 7.58. The number of aromatic hydroxyl groups is 1. The summed E-state index contributed by atoms with van der Waals surface area (Å²) < 4.78 is 27.6. The van der Waals surface area contributed by atoms with Crippen molar-refractivity contribution in [2.45, 2.75) is 31.2 Å². The number of alkyl halides is 2. The largest absolute Gasteiger partial charge is 0.508 e. The van der Waals surface area contributed by atoms with E-state index in [1.54, 1.807) is 0 Å². The van der Waals surface area contributed by atoms with E-state index in [-0.39, 0.29) is 12.2 Å². The molecular weight excluding hydrogens is 212 g/mol. The molecule has 0 spiro atoms. The summed E-state index contributed by atoms with van der Waals surface area (Å²) in [5.74, 6) is -2.61. The Morgan fingerprint density at radius 2 is 2.00 bits per heavy atom. The summed E-state index contributed by atoms with van der Waals surface area (Å²) in [5, 5.41) is 11.9. The van der Waals surface area contributed by atoms with Crippen molar-refractivity contribution in [3.8, 4) is 5.75 Å². The number of benzene rings is 1. The summed E-state index contributed by atoms with van der Waals surface area (Å²) in [4.78, 5) is 0. The maximum atomic E-state index is 13.8. The van der Waals surface area contributed by atoms with Crippen LogP contribution in [0, 0.1) is 0 Å². The monoisotopic (exact) mass is 227 g/mol. The molecule has 0 saturated carbocycles. The Labute approximate surface area is 93.3 Å². The van der Waals surface area contributed by atoms with Crippen LogP contribution < -0.4 is 5.32 Å². The van der Waals surface area contributed by atoms with Crippen LogP contribution in [0.3, 0.4) is 0 Å². The third kappa shape index (κ3) is 2.50. The lowest BCUT2D eigenvalue weighted by molar-refractivity contribution is -0.0307. The smallest absolute Gasteiger partial charge is 0.267 e. The van der Waals surface area contributed by atoms with Crippen molar-refractivity contribution in [2.24, 2.45) is 0 Å². The molecule has 1 fully saturated rings. The summed E-state index contributed by atoms with van der Waals surface area (Å²) in [7, 11) is 0. The second-order valence-corrected chi connectivity index (χ2v) is 4.25. The van der Waals surface area contributed by atoms with Crippen LogP contribution >= 0.6 is 0 Å². The van der Waals surface area contributed by atoms with Crippen molar-refractivity contribution in [3.63, 3.8) is 0 Å². The summed E-state index contributed by atoms with van der Waals surface area (Å²) in [6.07, 6.45) is 1.08. The highest BCUT2D eigenvalue weighted by molar-refractivity contribution is 5.26. The lowest BCUT2D eigenvalue weighted by atomic mass is 10.00. The minimum atomic E-state index is -2.71. The molecule has 1 saturated heterocycles. The van der Waals surface area contributed by atoms with E-state index in [4.69, 9.17) is 5.11 Å². The van der Waals surface area contributed by atoms with Gasteiger partial charge in [-0.2, -0.15) is 0 Å². The van der Waals surface area contributed by atoms with Crippen LogP contribution in [0.4, 0.5) is 8.78 Å². The van der Waals surface area contributed by atoms with Gasteiger partial charge in [0.05, 0.1) is 6.04 Å². The third-order valence-electron chi connectivity index (χ3n) is 2.95. The van der Waals surface area contributed by atoms with Gasteiger partial charge in [0.15, 0.2) is 0 Å².